The molecule has 1 aromatic rings. The maximum atomic E-state index is 11.7. The Morgan fingerprint density at radius 1 is 1.35 bits per heavy atom. The molecular formula is C12H14ClNO3. The molecule has 0 fully saturated rings. The van der Waals surface area contributed by atoms with E-state index in [1.807, 2.05) is 0 Å². The highest BCUT2D eigenvalue weighted by molar-refractivity contribution is 6.33. The molecule has 0 saturated heterocycles. The molecule has 4 nitrogen and oxygen atoms in total. The molecule has 0 heterocycles. The van der Waals surface area contributed by atoms with Gasteiger partial charge >= 0.3 is 5.97 Å². The van der Waals surface area contributed by atoms with Gasteiger partial charge in [-0.3, -0.25) is 4.79 Å². The highest BCUT2D eigenvalue weighted by Gasteiger charge is 2.16. The summed E-state index contributed by atoms with van der Waals surface area (Å²) >= 11 is 5.70. The number of benzene rings is 1. The summed E-state index contributed by atoms with van der Waals surface area (Å²) in [6.07, 6.45) is 0. The van der Waals surface area contributed by atoms with Crippen molar-refractivity contribution in [2.75, 3.05) is 12.3 Å². The molecular weight excluding hydrogens is 242 g/mol. The maximum absolute atomic E-state index is 11.7. The highest BCUT2D eigenvalue weighted by Crippen LogP contribution is 2.16. The van der Waals surface area contributed by atoms with E-state index in [9.17, 15) is 9.59 Å². The van der Waals surface area contributed by atoms with Gasteiger partial charge in [0.15, 0.2) is 5.78 Å². The zero-order valence-electron chi connectivity index (χ0n) is 9.70. The number of nitrogen functional groups attached to an aromatic ring is 1. The summed E-state index contributed by atoms with van der Waals surface area (Å²) in [6.45, 7) is 3.54. The molecule has 0 aliphatic carbocycles. The van der Waals surface area contributed by atoms with Crippen LogP contribution in [0.25, 0.3) is 0 Å². The van der Waals surface area contributed by atoms with Crippen molar-refractivity contribution in [3.8, 4) is 0 Å². The molecule has 0 aliphatic heterocycles. The first-order chi connectivity index (χ1) is 7.95. The number of alkyl halides is 1. The second kappa shape index (κ2) is 5.68. The summed E-state index contributed by atoms with van der Waals surface area (Å²) in [4.78, 5) is 23.2. The van der Waals surface area contributed by atoms with Crippen LogP contribution < -0.4 is 5.73 Å². The molecule has 2 N–H and O–H groups in total. The molecule has 1 unspecified atom stereocenters. The van der Waals surface area contributed by atoms with Gasteiger partial charge < -0.3 is 10.5 Å². The van der Waals surface area contributed by atoms with Gasteiger partial charge in [0, 0.05) is 11.3 Å². The number of rotatable bonds is 4. The molecule has 0 bridgehead atoms. The molecule has 5 heteroatoms. The van der Waals surface area contributed by atoms with Crippen LogP contribution in [0, 0.1) is 0 Å². The quantitative estimate of drug-likeness (QED) is 0.388. The van der Waals surface area contributed by atoms with Crippen molar-refractivity contribution in [1.82, 2.24) is 0 Å². The molecule has 92 valence electrons. The first-order valence-electron chi connectivity index (χ1n) is 5.21. The molecule has 17 heavy (non-hydrogen) atoms. The number of hydrogen-bond donors (Lipinski definition) is 1. The van der Waals surface area contributed by atoms with Crippen molar-refractivity contribution in [3.63, 3.8) is 0 Å². The van der Waals surface area contributed by atoms with Crippen molar-refractivity contribution in [2.24, 2.45) is 0 Å². The molecule has 0 aromatic heterocycles. The molecule has 1 atom stereocenters. The van der Waals surface area contributed by atoms with E-state index < -0.39 is 11.3 Å². The summed E-state index contributed by atoms with van der Waals surface area (Å²) < 4.78 is 4.84. The van der Waals surface area contributed by atoms with Gasteiger partial charge in [-0.15, -0.1) is 11.6 Å². The number of esters is 1. The summed E-state index contributed by atoms with van der Waals surface area (Å²) in [5, 5.41) is -0.660. The summed E-state index contributed by atoms with van der Waals surface area (Å²) in [7, 11) is 0. The van der Waals surface area contributed by atoms with E-state index in [0.29, 0.717) is 11.3 Å². The predicted octanol–water partition coefficient (Wildman–Crippen LogP) is 2.26. The number of halogens is 1. The van der Waals surface area contributed by atoms with Crippen molar-refractivity contribution in [3.05, 3.63) is 29.3 Å². The number of anilines is 1. The van der Waals surface area contributed by atoms with E-state index >= 15 is 0 Å². The average Bonchev–Trinajstić information content (AvgIpc) is 2.27. The molecule has 0 aliphatic rings. The zero-order chi connectivity index (χ0) is 13.0. The zero-order valence-corrected chi connectivity index (χ0v) is 10.5. The van der Waals surface area contributed by atoms with Gasteiger partial charge in [0.1, 0.15) is 0 Å². The lowest BCUT2D eigenvalue weighted by molar-refractivity contribution is 0.0526. The third-order valence-electron chi connectivity index (χ3n) is 2.11. The maximum Gasteiger partial charge on any atom is 0.338 e. The number of nitrogens with two attached hydrogens (primary N) is 1. The first kappa shape index (κ1) is 13.5. The predicted molar refractivity (Wildman–Crippen MR) is 66.5 cm³/mol. The van der Waals surface area contributed by atoms with Gasteiger partial charge in [0.05, 0.1) is 17.5 Å². The number of Topliss-reactive ketones (excluding diaryl/α,β-unsaturated/α-hetero) is 1. The van der Waals surface area contributed by atoms with E-state index in [2.05, 4.69) is 0 Å². The van der Waals surface area contributed by atoms with Gasteiger partial charge in [-0.1, -0.05) is 0 Å². The molecule has 0 amide bonds. The Kier molecular flexibility index (Phi) is 4.52. The fourth-order valence-corrected chi connectivity index (χ4v) is 1.48. The Balaban J connectivity index is 3.10. The van der Waals surface area contributed by atoms with Crippen LogP contribution in [0.5, 0.6) is 0 Å². The normalized spacial score (nSPS) is 11.9. The summed E-state index contributed by atoms with van der Waals surface area (Å²) in [5.74, 6) is -0.777. The van der Waals surface area contributed by atoms with Crippen LogP contribution >= 0.6 is 11.6 Å². The molecule has 1 rings (SSSR count). The lowest BCUT2D eigenvalue weighted by Gasteiger charge is -2.07. The second-order valence-electron chi connectivity index (χ2n) is 3.54. The van der Waals surface area contributed by atoms with E-state index in [1.165, 1.54) is 18.2 Å². The van der Waals surface area contributed by atoms with Gasteiger partial charge in [-0.2, -0.15) is 0 Å². The minimum absolute atomic E-state index is 0.257. The third-order valence-corrected chi connectivity index (χ3v) is 2.31. The standard InChI is InChI=1S/C12H14ClNO3/c1-3-17-12(16)9-4-8(5-10(14)6-9)11(15)7(2)13/h4-7H,3,14H2,1-2H3. The van der Waals surface area contributed by atoms with Crippen LogP contribution in [0.2, 0.25) is 0 Å². The molecule has 1 aromatic carbocycles. The van der Waals surface area contributed by atoms with Crippen molar-refractivity contribution < 1.29 is 14.3 Å². The fraction of sp³-hybridized carbons (Fsp3) is 0.333. The van der Waals surface area contributed by atoms with Crippen LogP contribution in [0.4, 0.5) is 5.69 Å². The number of carbonyl (C=O) groups excluding carboxylic acids is 2. The van der Waals surface area contributed by atoms with E-state index in [-0.39, 0.29) is 18.0 Å². The van der Waals surface area contributed by atoms with Crippen molar-refractivity contribution >= 4 is 29.0 Å². The minimum atomic E-state index is -0.660. The third kappa shape index (κ3) is 3.46. The van der Waals surface area contributed by atoms with E-state index in [0.717, 1.165) is 0 Å². The van der Waals surface area contributed by atoms with Gasteiger partial charge in [0.25, 0.3) is 0 Å². The topological polar surface area (TPSA) is 69.4 Å². The van der Waals surface area contributed by atoms with Crippen LogP contribution in [-0.2, 0) is 4.74 Å². The highest BCUT2D eigenvalue weighted by atomic mass is 35.5. The molecule has 0 spiro atoms. The monoisotopic (exact) mass is 255 g/mol. The fourth-order valence-electron chi connectivity index (χ4n) is 1.36. The number of ketones is 1. The lowest BCUT2D eigenvalue weighted by Crippen LogP contribution is -2.13. The van der Waals surface area contributed by atoms with Crippen LogP contribution in [-0.4, -0.2) is 23.7 Å². The summed E-state index contributed by atoms with van der Waals surface area (Å²) in [6, 6.07) is 4.40. The van der Waals surface area contributed by atoms with Gasteiger partial charge in [-0.25, -0.2) is 4.79 Å². The molecule has 0 radical (unpaired) electrons. The first-order valence-corrected chi connectivity index (χ1v) is 5.65. The summed E-state index contributed by atoms with van der Waals surface area (Å²) in [5.41, 5.74) is 6.53. The van der Waals surface area contributed by atoms with Crippen molar-refractivity contribution in [1.29, 1.82) is 0 Å². The van der Waals surface area contributed by atoms with Crippen molar-refractivity contribution in [2.45, 2.75) is 19.2 Å². The minimum Gasteiger partial charge on any atom is -0.462 e. The Morgan fingerprint density at radius 2 is 1.94 bits per heavy atom. The van der Waals surface area contributed by atoms with E-state index in [1.54, 1.807) is 13.8 Å². The Bertz CT molecular complexity index is 443. The van der Waals surface area contributed by atoms with Crippen LogP contribution in [0.3, 0.4) is 0 Å². The van der Waals surface area contributed by atoms with E-state index in [4.69, 9.17) is 22.1 Å². The Labute approximate surface area is 105 Å². The Morgan fingerprint density at radius 3 is 2.47 bits per heavy atom. The molecule has 0 saturated carbocycles. The number of carbonyl (C=O) groups is 2. The SMILES string of the molecule is CCOC(=O)c1cc(N)cc(C(=O)C(C)Cl)c1. The smallest absolute Gasteiger partial charge is 0.338 e. The Hall–Kier alpha value is -1.55. The van der Waals surface area contributed by atoms with Crippen LogP contribution in [0.1, 0.15) is 34.6 Å². The number of ether oxygens (including phenoxy) is 1. The average molecular weight is 256 g/mol. The lowest BCUT2D eigenvalue weighted by atomic mass is 10.0. The number of hydrogen-bond acceptors (Lipinski definition) is 4. The second-order valence-corrected chi connectivity index (χ2v) is 4.20. The van der Waals surface area contributed by atoms with Gasteiger partial charge in [-0.05, 0) is 32.0 Å². The van der Waals surface area contributed by atoms with Crippen LogP contribution in [0.15, 0.2) is 18.2 Å². The largest absolute Gasteiger partial charge is 0.462 e. The van der Waals surface area contributed by atoms with Gasteiger partial charge in [0.2, 0.25) is 0 Å².